The number of aromatic nitrogens is 2. The molecule has 34 heavy (non-hydrogen) atoms. The number of hydrogen-bond acceptors (Lipinski definition) is 4. The summed E-state index contributed by atoms with van der Waals surface area (Å²) in [4.78, 5) is 22.5. The van der Waals surface area contributed by atoms with Crippen molar-refractivity contribution in [1.29, 1.82) is 0 Å². The maximum absolute atomic E-state index is 13.4. The minimum absolute atomic E-state index is 0.167. The van der Waals surface area contributed by atoms with Gasteiger partial charge in [0.2, 0.25) is 0 Å². The lowest BCUT2D eigenvalue weighted by Crippen LogP contribution is -2.13. The van der Waals surface area contributed by atoms with Crippen LogP contribution in [-0.2, 0) is 4.79 Å². The van der Waals surface area contributed by atoms with E-state index in [1.54, 1.807) is 17.5 Å². The molecule has 0 saturated carbocycles. The van der Waals surface area contributed by atoms with Gasteiger partial charge in [-0.3, -0.25) is 9.78 Å². The molecule has 0 aliphatic heterocycles. The van der Waals surface area contributed by atoms with Gasteiger partial charge in [-0.05, 0) is 41.5 Å². The van der Waals surface area contributed by atoms with Crippen LogP contribution in [0.15, 0.2) is 115 Å². The molecule has 1 N–H and O–H groups in total. The summed E-state index contributed by atoms with van der Waals surface area (Å²) in [6, 6.07) is 33.1. The second-order valence-corrected chi connectivity index (χ2v) is 8.48. The molecule has 0 spiro atoms. The number of anilines is 1. The number of carbonyl (C=O) groups excluding carboxylic acids is 1. The van der Waals surface area contributed by atoms with Gasteiger partial charge < -0.3 is 5.32 Å². The van der Waals surface area contributed by atoms with Crippen molar-refractivity contribution in [2.45, 2.75) is 0 Å². The molecule has 1 amide bonds. The fourth-order valence-electron chi connectivity index (χ4n) is 3.58. The standard InChI is InChI=1S/C29H21N3OS/c33-28(25(22-12-5-2-6-13-22)18-21-10-3-1-4-11-21)31-24-15-9-14-23(19-24)27-20-34-29(32-27)26-16-7-8-17-30-26/h1-20H,(H,31,33)/b25-18-. The van der Waals surface area contributed by atoms with Crippen molar-refractivity contribution in [2.75, 3.05) is 5.32 Å². The van der Waals surface area contributed by atoms with Crippen molar-refractivity contribution in [2.24, 2.45) is 0 Å². The van der Waals surface area contributed by atoms with Crippen LogP contribution >= 0.6 is 11.3 Å². The lowest BCUT2D eigenvalue weighted by atomic mass is 10.0. The molecule has 4 nitrogen and oxygen atoms in total. The molecule has 0 aliphatic carbocycles. The maximum atomic E-state index is 13.4. The van der Waals surface area contributed by atoms with E-state index in [4.69, 9.17) is 4.98 Å². The van der Waals surface area contributed by atoms with Crippen molar-refractivity contribution in [3.8, 4) is 22.0 Å². The van der Waals surface area contributed by atoms with Gasteiger partial charge in [-0.1, -0.05) is 78.9 Å². The summed E-state index contributed by atoms with van der Waals surface area (Å²) in [5.41, 5.74) is 5.78. The Balaban J connectivity index is 1.42. The highest BCUT2D eigenvalue weighted by Crippen LogP contribution is 2.29. The Morgan fingerprint density at radius 2 is 1.56 bits per heavy atom. The summed E-state index contributed by atoms with van der Waals surface area (Å²) in [5, 5.41) is 5.94. The molecule has 0 radical (unpaired) electrons. The average molecular weight is 460 g/mol. The van der Waals surface area contributed by atoms with Crippen LogP contribution in [0.5, 0.6) is 0 Å². The second kappa shape index (κ2) is 10.1. The largest absolute Gasteiger partial charge is 0.322 e. The molecule has 0 atom stereocenters. The van der Waals surface area contributed by atoms with Crippen LogP contribution in [-0.4, -0.2) is 15.9 Å². The number of pyridine rings is 1. The van der Waals surface area contributed by atoms with Gasteiger partial charge in [0.05, 0.1) is 11.4 Å². The third-order valence-electron chi connectivity index (χ3n) is 5.24. The molecule has 3 aromatic carbocycles. The smallest absolute Gasteiger partial charge is 0.256 e. The van der Waals surface area contributed by atoms with Gasteiger partial charge in [0.1, 0.15) is 5.01 Å². The van der Waals surface area contributed by atoms with Crippen LogP contribution in [0.3, 0.4) is 0 Å². The Hall–Kier alpha value is -4.35. The van der Waals surface area contributed by atoms with E-state index in [1.165, 1.54) is 0 Å². The molecular weight excluding hydrogens is 438 g/mol. The molecule has 164 valence electrons. The van der Waals surface area contributed by atoms with Crippen molar-refractivity contribution in [3.63, 3.8) is 0 Å². The van der Waals surface area contributed by atoms with E-state index < -0.39 is 0 Å². The summed E-state index contributed by atoms with van der Waals surface area (Å²) in [5.74, 6) is -0.167. The zero-order chi connectivity index (χ0) is 23.2. The number of carbonyl (C=O) groups is 1. The van der Waals surface area contributed by atoms with E-state index >= 15 is 0 Å². The van der Waals surface area contributed by atoms with E-state index in [-0.39, 0.29) is 5.91 Å². The minimum Gasteiger partial charge on any atom is -0.322 e. The summed E-state index contributed by atoms with van der Waals surface area (Å²) >= 11 is 1.55. The number of nitrogens with one attached hydrogen (secondary N) is 1. The number of amides is 1. The SMILES string of the molecule is O=C(Nc1cccc(-c2csc(-c3ccccn3)n2)c1)/C(=C\c1ccccc1)c1ccccc1. The predicted octanol–water partition coefficient (Wildman–Crippen LogP) is 7.05. The average Bonchev–Trinajstić information content (AvgIpc) is 3.40. The van der Waals surface area contributed by atoms with Gasteiger partial charge in [0.15, 0.2) is 0 Å². The molecule has 0 bridgehead atoms. The van der Waals surface area contributed by atoms with Gasteiger partial charge in [0, 0.05) is 28.4 Å². The number of benzene rings is 3. The van der Waals surface area contributed by atoms with Crippen LogP contribution in [0.4, 0.5) is 5.69 Å². The molecule has 0 aliphatic rings. The number of nitrogens with zero attached hydrogens (tertiary/aromatic N) is 2. The Kier molecular flexibility index (Phi) is 6.36. The molecule has 2 heterocycles. The lowest BCUT2D eigenvalue weighted by Gasteiger charge is -2.11. The molecule has 0 unspecified atom stereocenters. The molecule has 0 saturated heterocycles. The second-order valence-electron chi connectivity index (χ2n) is 7.62. The van der Waals surface area contributed by atoms with E-state index in [0.29, 0.717) is 11.3 Å². The molecule has 2 aromatic heterocycles. The summed E-state index contributed by atoms with van der Waals surface area (Å²) in [6.07, 6.45) is 3.67. The van der Waals surface area contributed by atoms with Crippen molar-refractivity contribution < 1.29 is 4.79 Å². The van der Waals surface area contributed by atoms with Gasteiger partial charge in [-0.2, -0.15) is 0 Å². The van der Waals surface area contributed by atoms with E-state index in [0.717, 1.165) is 33.1 Å². The van der Waals surface area contributed by atoms with E-state index in [2.05, 4.69) is 10.3 Å². The highest BCUT2D eigenvalue weighted by Gasteiger charge is 2.14. The number of thiazole rings is 1. The zero-order valence-corrected chi connectivity index (χ0v) is 19.1. The minimum atomic E-state index is -0.167. The third kappa shape index (κ3) is 5.00. The first-order chi connectivity index (χ1) is 16.8. The predicted molar refractivity (Wildman–Crippen MR) is 140 cm³/mol. The Morgan fingerprint density at radius 1 is 0.794 bits per heavy atom. The van der Waals surface area contributed by atoms with E-state index in [1.807, 2.05) is 115 Å². The monoisotopic (exact) mass is 459 g/mol. The van der Waals surface area contributed by atoms with Gasteiger partial charge >= 0.3 is 0 Å². The van der Waals surface area contributed by atoms with Crippen LogP contribution in [0, 0.1) is 0 Å². The Labute approximate surface area is 202 Å². The zero-order valence-electron chi connectivity index (χ0n) is 18.3. The first kappa shape index (κ1) is 21.5. The van der Waals surface area contributed by atoms with Gasteiger partial charge in [0.25, 0.3) is 5.91 Å². The molecule has 5 heteroatoms. The third-order valence-corrected chi connectivity index (χ3v) is 6.11. The quantitative estimate of drug-likeness (QED) is 0.219. The summed E-state index contributed by atoms with van der Waals surface area (Å²) in [7, 11) is 0. The fourth-order valence-corrected chi connectivity index (χ4v) is 4.39. The fraction of sp³-hybridized carbons (Fsp3) is 0. The highest BCUT2D eigenvalue weighted by molar-refractivity contribution is 7.13. The highest BCUT2D eigenvalue weighted by atomic mass is 32.1. The van der Waals surface area contributed by atoms with Crippen molar-refractivity contribution in [3.05, 3.63) is 126 Å². The van der Waals surface area contributed by atoms with Crippen LogP contribution in [0.2, 0.25) is 0 Å². The van der Waals surface area contributed by atoms with Crippen LogP contribution in [0.25, 0.3) is 33.6 Å². The van der Waals surface area contributed by atoms with E-state index in [9.17, 15) is 4.79 Å². The van der Waals surface area contributed by atoms with Crippen molar-refractivity contribution in [1.82, 2.24) is 9.97 Å². The Bertz CT molecular complexity index is 1430. The summed E-state index contributed by atoms with van der Waals surface area (Å²) in [6.45, 7) is 0. The van der Waals surface area contributed by atoms with Crippen molar-refractivity contribution >= 4 is 34.6 Å². The van der Waals surface area contributed by atoms with Gasteiger partial charge in [-0.15, -0.1) is 11.3 Å². The first-order valence-corrected chi connectivity index (χ1v) is 11.8. The van der Waals surface area contributed by atoms with Gasteiger partial charge in [-0.25, -0.2) is 4.98 Å². The van der Waals surface area contributed by atoms with Crippen LogP contribution in [0.1, 0.15) is 11.1 Å². The topological polar surface area (TPSA) is 54.9 Å². The first-order valence-electron chi connectivity index (χ1n) is 10.9. The summed E-state index contributed by atoms with van der Waals surface area (Å²) < 4.78 is 0. The Morgan fingerprint density at radius 3 is 2.32 bits per heavy atom. The molecule has 5 rings (SSSR count). The molecular formula is C29H21N3OS. The number of rotatable bonds is 6. The maximum Gasteiger partial charge on any atom is 0.256 e. The normalized spacial score (nSPS) is 11.2. The van der Waals surface area contributed by atoms with Crippen LogP contribution < -0.4 is 5.32 Å². The molecule has 0 fully saturated rings. The molecule has 5 aromatic rings. The lowest BCUT2D eigenvalue weighted by molar-refractivity contribution is -0.111. The number of hydrogen-bond donors (Lipinski definition) is 1.